The molecular formula is C19H24N6O2S. The van der Waals surface area contributed by atoms with E-state index < -0.39 is 15.9 Å². The summed E-state index contributed by atoms with van der Waals surface area (Å²) < 4.78 is 18.1. The second kappa shape index (κ2) is 6.12. The summed E-state index contributed by atoms with van der Waals surface area (Å²) in [6, 6.07) is 0.860. The zero-order chi connectivity index (χ0) is 19.5. The molecule has 3 aliphatic rings. The third-order valence-corrected chi connectivity index (χ3v) is 7.48. The summed E-state index contributed by atoms with van der Waals surface area (Å²) >= 11 is 0. The molecule has 0 aromatic carbocycles. The van der Waals surface area contributed by atoms with Crippen LogP contribution in [-0.4, -0.2) is 25.0 Å². The van der Waals surface area contributed by atoms with E-state index in [0.717, 1.165) is 54.6 Å². The van der Waals surface area contributed by atoms with Crippen LogP contribution < -0.4 is 10.5 Å². The van der Waals surface area contributed by atoms with Gasteiger partial charge in [0.1, 0.15) is 0 Å². The Labute approximate surface area is 164 Å². The van der Waals surface area contributed by atoms with Crippen molar-refractivity contribution in [1.29, 1.82) is 0 Å². The highest BCUT2D eigenvalue weighted by atomic mass is 32.2. The molecule has 1 fully saturated rings. The van der Waals surface area contributed by atoms with Gasteiger partial charge in [-0.15, -0.1) is 4.36 Å². The molecule has 0 radical (unpaired) electrons. The number of fused-ring (bicyclic) bond motifs is 3. The number of nitrogens with two attached hydrogens (primary N) is 1. The molecule has 9 heteroatoms. The number of nitrogens with one attached hydrogen (secondary N) is 1. The molecule has 3 N–H and O–H groups in total. The third kappa shape index (κ3) is 2.76. The van der Waals surface area contributed by atoms with Crippen LogP contribution in [0.3, 0.4) is 0 Å². The molecule has 0 bridgehead atoms. The minimum absolute atomic E-state index is 0.117. The highest BCUT2D eigenvalue weighted by Gasteiger charge is 2.51. The van der Waals surface area contributed by atoms with Gasteiger partial charge in [0.05, 0.1) is 11.4 Å². The highest BCUT2D eigenvalue weighted by Crippen LogP contribution is 2.58. The van der Waals surface area contributed by atoms with Gasteiger partial charge >= 0.3 is 6.03 Å². The zero-order valence-electron chi connectivity index (χ0n) is 15.9. The van der Waals surface area contributed by atoms with E-state index in [4.69, 9.17) is 10.1 Å². The van der Waals surface area contributed by atoms with E-state index in [-0.39, 0.29) is 10.4 Å². The largest absolute Gasteiger partial charge is 0.354 e. The van der Waals surface area contributed by atoms with E-state index in [0.29, 0.717) is 6.54 Å². The Kier molecular flexibility index (Phi) is 3.89. The van der Waals surface area contributed by atoms with Gasteiger partial charge in [-0.2, -0.15) is 5.10 Å². The Hall–Kier alpha value is -2.26. The van der Waals surface area contributed by atoms with E-state index in [2.05, 4.69) is 14.8 Å². The van der Waals surface area contributed by atoms with Gasteiger partial charge in [-0.3, -0.25) is 9.67 Å². The van der Waals surface area contributed by atoms with Crippen molar-refractivity contribution in [1.82, 2.24) is 14.8 Å². The SMILES string of the molecule is CCn1ccc([S@@](N)(=O)=NC(=O)Nc2c3c(nc4c2CCC42CC2)CCC3)n1. The topological polar surface area (TPSA) is 115 Å². The maximum Gasteiger partial charge on any atom is 0.354 e. The van der Waals surface area contributed by atoms with Crippen LogP contribution in [0.2, 0.25) is 0 Å². The van der Waals surface area contributed by atoms with Gasteiger partial charge in [-0.1, -0.05) is 0 Å². The number of amides is 2. The summed E-state index contributed by atoms with van der Waals surface area (Å²) in [6.45, 7) is 2.54. The average molecular weight is 401 g/mol. The number of carbonyl (C=O) groups excluding carboxylic acids is 1. The smallest absolute Gasteiger partial charge is 0.305 e. The van der Waals surface area contributed by atoms with Crippen molar-refractivity contribution < 1.29 is 9.00 Å². The minimum atomic E-state index is -3.39. The predicted molar refractivity (Wildman–Crippen MR) is 105 cm³/mol. The molecule has 28 heavy (non-hydrogen) atoms. The van der Waals surface area contributed by atoms with Crippen LogP contribution in [0.25, 0.3) is 0 Å². The number of carbonyl (C=O) groups is 1. The van der Waals surface area contributed by atoms with Gasteiger partial charge in [-0.25, -0.2) is 14.1 Å². The Morgan fingerprint density at radius 2 is 2.14 bits per heavy atom. The number of anilines is 1. The van der Waals surface area contributed by atoms with Gasteiger partial charge < -0.3 is 5.32 Å². The first kappa shape index (κ1) is 17.8. The Balaban J connectivity index is 1.50. The fourth-order valence-corrected chi connectivity index (χ4v) is 5.41. The number of aromatic nitrogens is 3. The van der Waals surface area contributed by atoms with Gasteiger partial charge in [-0.05, 0) is 69.1 Å². The minimum Gasteiger partial charge on any atom is -0.305 e. The van der Waals surface area contributed by atoms with Gasteiger partial charge in [0.25, 0.3) is 0 Å². The van der Waals surface area contributed by atoms with Crippen molar-refractivity contribution in [2.75, 3.05) is 5.32 Å². The van der Waals surface area contributed by atoms with Crippen LogP contribution in [0.5, 0.6) is 0 Å². The Bertz CT molecular complexity index is 1110. The molecule has 2 amide bonds. The second-order valence-corrected chi connectivity index (χ2v) is 9.71. The number of rotatable bonds is 3. The highest BCUT2D eigenvalue weighted by molar-refractivity contribution is 7.91. The lowest BCUT2D eigenvalue weighted by Gasteiger charge is -2.16. The van der Waals surface area contributed by atoms with Gasteiger partial charge in [0.15, 0.2) is 14.9 Å². The molecule has 8 nitrogen and oxygen atoms in total. The normalized spacial score (nSPS) is 20.5. The predicted octanol–water partition coefficient (Wildman–Crippen LogP) is 2.70. The van der Waals surface area contributed by atoms with E-state index in [1.807, 2.05) is 6.92 Å². The van der Waals surface area contributed by atoms with E-state index in [1.165, 1.54) is 18.5 Å². The monoisotopic (exact) mass is 400 g/mol. The molecule has 0 saturated heterocycles. The van der Waals surface area contributed by atoms with Crippen LogP contribution in [0.1, 0.15) is 55.1 Å². The maximum absolute atomic E-state index is 12.8. The van der Waals surface area contributed by atoms with E-state index >= 15 is 0 Å². The molecule has 3 aliphatic carbocycles. The fraction of sp³-hybridized carbons (Fsp3) is 0.526. The number of hydrogen-bond donors (Lipinski definition) is 2. The Morgan fingerprint density at radius 1 is 1.32 bits per heavy atom. The number of hydrogen-bond acceptors (Lipinski definition) is 4. The van der Waals surface area contributed by atoms with E-state index in [9.17, 15) is 9.00 Å². The number of pyridine rings is 1. The Morgan fingerprint density at radius 3 is 2.86 bits per heavy atom. The fourth-order valence-electron chi connectivity index (χ4n) is 4.55. The first-order valence-electron chi connectivity index (χ1n) is 9.86. The quantitative estimate of drug-likeness (QED) is 0.824. The maximum atomic E-state index is 12.8. The number of urea groups is 1. The number of aryl methyl sites for hydroxylation is 2. The lowest BCUT2D eigenvalue weighted by atomic mass is 10.0. The van der Waals surface area contributed by atoms with Crippen molar-refractivity contribution in [2.45, 2.75) is 68.9 Å². The van der Waals surface area contributed by atoms with Crippen LogP contribution in [-0.2, 0) is 41.1 Å². The summed E-state index contributed by atoms with van der Waals surface area (Å²) in [4.78, 5) is 17.6. The number of nitrogens with zero attached hydrogens (tertiary/aromatic N) is 4. The van der Waals surface area contributed by atoms with Gasteiger partial charge in [0.2, 0.25) is 0 Å². The first-order chi connectivity index (χ1) is 13.4. The molecule has 2 aromatic heterocycles. The van der Waals surface area contributed by atoms with E-state index in [1.54, 1.807) is 16.9 Å². The van der Waals surface area contributed by atoms with Crippen LogP contribution in [0.4, 0.5) is 10.5 Å². The third-order valence-electron chi connectivity index (χ3n) is 6.22. The second-order valence-electron chi connectivity index (χ2n) is 7.97. The zero-order valence-corrected chi connectivity index (χ0v) is 16.7. The summed E-state index contributed by atoms with van der Waals surface area (Å²) in [5.74, 6) is 0. The van der Waals surface area contributed by atoms with Crippen LogP contribution in [0.15, 0.2) is 21.7 Å². The van der Waals surface area contributed by atoms with Crippen molar-refractivity contribution in [3.05, 3.63) is 34.8 Å². The first-order valence-corrected chi connectivity index (χ1v) is 11.4. The van der Waals surface area contributed by atoms with Gasteiger partial charge in [0, 0.05) is 23.9 Å². The standard InChI is InChI=1S/C19H24N6O2S/c1-2-25-11-7-15(23-25)28(20,27)24-18(26)22-16-12-4-3-5-14(12)21-17-13(16)6-8-19(17)9-10-19/h7,11H,2-6,8-10H2,1H3,(H3,20,21,22,24,26,27)/t28-/m0/s1. The molecule has 148 valence electrons. The summed E-state index contributed by atoms with van der Waals surface area (Å²) in [5.41, 5.74) is 5.58. The van der Waals surface area contributed by atoms with Crippen LogP contribution >= 0.6 is 0 Å². The lowest BCUT2D eigenvalue weighted by Crippen LogP contribution is -2.20. The molecule has 1 saturated carbocycles. The molecule has 0 unspecified atom stereocenters. The van der Waals surface area contributed by atoms with Crippen molar-refractivity contribution in [3.63, 3.8) is 0 Å². The lowest BCUT2D eigenvalue weighted by molar-refractivity contribution is 0.260. The summed E-state index contributed by atoms with van der Waals surface area (Å²) in [5, 5.41) is 13.0. The van der Waals surface area contributed by atoms with Crippen molar-refractivity contribution in [2.24, 2.45) is 9.50 Å². The van der Waals surface area contributed by atoms with Crippen molar-refractivity contribution in [3.8, 4) is 0 Å². The average Bonchev–Trinajstić information content (AvgIpc) is 3.04. The van der Waals surface area contributed by atoms with Crippen molar-refractivity contribution >= 4 is 21.6 Å². The molecule has 5 rings (SSSR count). The summed E-state index contributed by atoms with van der Waals surface area (Å²) in [6.07, 6.45) is 8.94. The molecular weight excluding hydrogens is 376 g/mol. The molecule has 0 aliphatic heterocycles. The van der Waals surface area contributed by atoms with Crippen LogP contribution in [0, 0.1) is 0 Å². The summed E-state index contributed by atoms with van der Waals surface area (Å²) in [7, 11) is -3.39. The molecule has 1 atom stereocenters. The molecule has 1 spiro atoms. The molecule has 2 aromatic rings. The molecule has 2 heterocycles.